The molecule has 1 aliphatic carbocycles. The van der Waals surface area contributed by atoms with Crippen molar-refractivity contribution in [3.63, 3.8) is 0 Å². The highest BCUT2D eigenvalue weighted by atomic mass is 16.3. The van der Waals surface area contributed by atoms with Gasteiger partial charge in [0.05, 0.1) is 12.4 Å². The number of nitrogens with zero attached hydrogens (tertiary/aromatic N) is 11. The van der Waals surface area contributed by atoms with Gasteiger partial charge in [0.2, 0.25) is 5.91 Å². The van der Waals surface area contributed by atoms with Crippen LogP contribution in [-0.4, -0.2) is 80.6 Å². The maximum atomic E-state index is 12.5. The quantitative estimate of drug-likeness (QED) is 0.276. The summed E-state index contributed by atoms with van der Waals surface area (Å²) in [4.78, 5) is 16.8. The molecule has 1 amide bonds. The molecular formula is C30H31N11O3. The summed E-state index contributed by atoms with van der Waals surface area (Å²) in [6.45, 7) is 7.55. The molecule has 0 radical (unpaired) electrons. The molecule has 0 fully saturated rings. The standard InChI is InChI=1S/C30H31N11O3/c1-5-13-39(21(4)42)25-8-6-7-24(16-25)30(26-14-22(9-11-28(26)43)17-31-40-19(2)33-35-37-40)27-15-23(10-12-29(27)44)18-32-41-20(3)34-36-38-41/h6,8-12,14-18,43-44H,5,7,13H2,1-4H3. The number of rotatable bonds is 9. The number of amides is 1. The van der Waals surface area contributed by atoms with Crippen LogP contribution in [0.2, 0.25) is 0 Å². The van der Waals surface area contributed by atoms with Gasteiger partial charge in [-0.05, 0) is 118 Å². The van der Waals surface area contributed by atoms with Gasteiger partial charge in [-0.2, -0.15) is 10.2 Å². The predicted octanol–water partition coefficient (Wildman–Crippen LogP) is 3.36. The van der Waals surface area contributed by atoms with E-state index in [0.29, 0.717) is 52.4 Å². The van der Waals surface area contributed by atoms with Crippen molar-refractivity contribution in [2.75, 3.05) is 6.54 Å². The molecule has 0 unspecified atom stereocenters. The van der Waals surface area contributed by atoms with E-state index < -0.39 is 0 Å². The van der Waals surface area contributed by atoms with Crippen LogP contribution in [0.4, 0.5) is 0 Å². The maximum Gasteiger partial charge on any atom is 0.223 e. The molecule has 44 heavy (non-hydrogen) atoms. The molecule has 14 nitrogen and oxygen atoms in total. The summed E-state index contributed by atoms with van der Waals surface area (Å²) in [5.41, 5.74) is 4.29. The lowest BCUT2D eigenvalue weighted by Gasteiger charge is -2.25. The Kier molecular flexibility index (Phi) is 8.79. The minimum Gasteiger partial charge on any atom is -0.507 e. The normalized spacial score (nSPS) is 13.2. The Balaban J connectivity index is 1.69. The Morgan fingerprint density at radius 2 is 1.48 bits per heavy atom. The number of aromatic hydroxyl groups is 2. The van der Waals surface area contributed by atoms with Crippen molar-refractivity contribution in [3.05, 3.63) is 99.8 Å². The highest BCUT2D eigenvalue weighted by Gasteiger charge is 2.21. The predicted molar refractivity (Wildman–Crippen MR) is 163 cm³/mol. The van der Waals surface area contributed by atoms with Gasteiger partial charge in [-0.15, -0.1) is 19.8 Å². The van der Waals surface area contributed by atoms with Gasteiger partial charge in [-0.1, -0.05) is 13.0 Å². The molecule has 2 aromatic heterocycles. The van der Waals surface area contributed by atoms with E-state index in [9.17, 15) is 15.0 Å². The van der Waals surface area contributed by atoms with Crippen LogP contribution in [0.15, 0.2) is 76.1 Å². The van der Waals surface area contributed by atoms with Crippen LogP contribution in [0.1, 0.15) is 60.6 Å². The van der Waals surface area contributed by atoms with Crippen LogP contribution in [0.5, 0.6) is 11.5 Å². The smallest absolute Gasteiger partial charge is 0.223 e. The van der Waals surface area contributed by atoms with Gasteiger partial charge in [0.25, 0.3) is 0 Å². The highest BCUT2D eigenvalue weighted by molar-refractivity contribution is 5.93. The van der Waals surface area contributed by atoms with Gasteiger partial charge in [-0.25, -0.2) is 0 Å². The molecule has 0 aliphatic heterocycles. The molecule has 2 heterocycles. The zero-order valence-electron chi connectivity index (χ0n) is 24.7. The monoisotopic (exact) mass is 593 g/mol. The van der Waals surface area contributed by atoms with E-state index in [4.69, 9.17) is 0 Å². The summed E-state index contributed by atoms with van der Waals surface area (Å²) in [6, 6.07) is 10.1. The van der Waals surface area contributed by atoms with E-state index in [1.165, 1.54) is 16.5 Å². The third kappa shape index (κ3) is 6.48. The lowest BCUT2D eigenvalue weighted by Crippen LogP contribution is -2.28. The number of hydrogen-bond acceptors (Lipinski definition) is 11. The molecule has 0 bridgehead atoms. The SMILES string of the molecule is CCCN(C(C)=O)C1=CC(=C(c2cc(C=Nn3nnnc3C)ccc2O)c2cc(C=Nn3nnnc3C)ccc2O)CC=C1. The molecule has 0 atom stereocenters. The molecular weight excluding hydrogens is 562 g/mol. The molecule has 2 N–H and O–H groups in total. The Bertz CT molecular complexity index is 1740. The van der Waals surface area contributed by atoms with Gasteiger partial charge < -0.3 is 15.1 Å². The number of benzene rings is 2. The zero-order valence-corrected chi connectivity index (χ0v) is 24.7. The average Bonchev–Trinajstić information content (AvgIpc) is 3.63. The van der Waals surface area contributed by atoms with Gasteiger partial charge in [0.1, 0.15) is 11.5 Å². The number of tetrazole rings is 2. The lowest BCUT2D eigenvalue weighted by atomic mass is 9.87. The van der Waals surface area contributed by atoms with Crippen molar-refractivity contribution in [2.24, 2.45) is 10.2 Å². The number of aromatic nitrogens is 8. The molecule has 14 heteroatoms. The third-order valence-corrected chi connectivity index (χ3v) is 6.83. The first kappa shape index (κ1) is 29.7. The van der Waals surface area contributed by atoms with Gasteiger partial charge in [0.15, 0.2) is 11.6 Å². The van der Waals surface area contributed by atoms with Gasteiger partial charge in [-0.3, -0.25) is 4.79 Å². The largest absolute Gasteiger partial charge is 0.507 e. The van der Waals surface area contributed by atoms with E-state index in [1.54, 1.807) is 67.6 Å². The molecule has 0 saturated carbocycles. The second-order valence-corrected chi connectivity index (χ2v) is 10.0. The minimum atomic E-state index is -0.0801. The second-order valence-electron chi connectivity index (χ2n) is 10.0. The summed E-state index contributed by atoms with van der Waals surface area (Å²) < 4.78 is 0. The van der Waals surface area contributed by atoms with E-state index in [-0.39, 0.29) is 17.4 Å². The lowest BCUT2D eigenvalue weighted by molar-refractivity contribution is -0.126. The van der Waals surface area contributed by atoms with Crippen LogP contribution in [-0.2, 0) is 4.79 Å². The number of carbonyl (C=O) groups excluding carboxylic acids is 1. The zero-order chi connectivity index (χ0) is 31.2. The summed E-state index contributed by atoms with van der Waals surface area (Å²) >= 11 is 0. The first-order valence-electron chi connectivity index (χ1n) is 13.9. The number of allylic oxidation sites excluding steroid dienone is 4. The second kappa shape index (κ2) is 13.0. The minimum absolute atomic E-state index is 0.00692. The Morgan fingerprint density at radius 1 is 0.932 bits per heavy atom. The number of phenolic OH excluding ortho intramolecular Hbond substituents is 2. The summed E-state index contributed by atoms with van der Waals surface area (Å²) in [5, 5.41) is 53.6. The number of carbonyl (C=O) groups is 1. The molecule has 2 aromatic carbocycles. The van der Waals surface area contributed by atoms with E-state index in [0.717, 1.165) is 17.7 Å². The van der Waals surface area contributed by atoms with Crippen LogP contribution in [0.25, 0.3) is 5.57 Å². The molecule has 4 aromatic rings. The molecule has 224 valence electrons. The molecule has 0 saturated heterocycles. The molecule has 0 spiro atoms. The fourth-order valence-corrected chi connectivity index (χ4v) is 4.70. The van der Waals surface area contributed by atoms with Crippen LogP contribution < -0.4 is 0 Å². The summed E-state index contributed by atoms with van der Waals surface area (Å²) in [5.74, 6) is 0.928. The molecule has 5 rings (SSSR count). The van der Waals surface area contributed by atoms with E-state index in [2.05, 4.69) is 41.3 Å². The Labute approximate surface area is 253 Å². The fraction of sp³-hybridized carbons (Fsp3) is 0.233. The first-order valence-corrected chi connectivity index (χ1v) is 13.9. The van der Waals surface area contributed by atoms with Crippen molar-refractivity contribution in [3.8, 4) is 11.5 Å². The van der Waals surface area contributed by atoms with E-state index >= 15 is 0 Å². The maximum absolute atomic E-state index is 12.5. The first-order chi connectivity index (χ1) is 21.2. The average molecular weight is 594 g/mol. The summed E-state index contributed by atoms with van der Waals surface area (Å²) in [6.07, 6.45) is 10.2. The Morgan fingerprint density at radius 3 is 1.93 bits per heavy atom. The van der Waals surface area contributed by atoms with Crippen molar-refractivity contribution in [2.45, 2.75) is 40.5 Å². The van der Waals surface area contributed by atoms with Crippen LogP contribution in [0, 0.1) is 13.8 Å². The topological polar surface area (TPSA) is 173 Å². The fourth-order valence-electron chi connectivity index (χ4n) is 4.70. The molecule has 1 aliphatic rings. The third-order valence-electron chi connectivity index (χ3n) is 6.83. The van der Waals surface area contributed by atoms with Crippen LogP contribution >= 0.6 is 0 Å². The van der Waals surface area contributed by atoms with Gasteiger partial charge in [0, 0.05) is 30.3 Å². The number of hydrogen-bond donors (Lipinski definition) is 2. The van der Waals surface area contributed by atoms with Crippen molar-refractivity contribution < 1.29 is 15.0 Å². The van der Waals surface area contributed by atoms with Gasteiger partial charge >= 0.3 is 0 Å². The van der Waals surface area contributed by atoms with Crippen molar-refractivity contribution in [1.82, 2.24) is 45.5 Å². The summed E-state index contributed by atoms with van der Waals surface area (Å²) in [7, 11) is 0. The van der Waals surface area contributed by atoms with Crippen LogP contribution in [0.3, 0.4) is 0 Å². The highest BCUT2D eigenvalue weighted by Crippen LogP contribution is 2.40. The van der Waals surface area contributed by atoms with Crippen molar-refractivity contribution in [1.29, 1.82) is 0 Å². The number of aryl methyl sites for hydroxylation is 2. The van der Waals surface area contributed by atoms with Crippen molar-refractivity contribution >= 4 is 23.9 Å². The number of phenols is 2. The Hall–Kier alpha value is -5.79. The van der Waals surface area contributed by atoms with E-state index in [1.807, 2.05) is 25.2 Å².